The molecule has 0 bridgehead atoms. The molecule has 2 heterocycles. The van der Waals surface area contributed by atoms with E-state index in [1.807, 2.05) is 31.1 Å². The van der Waals surface area contributed by atoms with Gasteiger partial charge in [-0.3, -0.25) is 14.5 Å². The molecule has 9 heteroatoms. The van der Waals surface area contributed by atoms with Crippen LogP contribution in [0.15, 0.2) is 72.3 Å². The minimum Gasteiger partial charge on any atom is -0.507 e. The second-order valence-corrected chi connectivity index (χ2v) is 9.72. The number of ketones is 1. The third kappa shape index (κ3) is 4.05. The zero-order valence-corrected chi connectivity index (χ0v) is 20.3. The average molecular weight is 508 g/mol. The van der Waals surface area contributed by atoms with Crippen molar-refractivity contribution < 1.29 is 19.1 Å². The number of benzene rings is 3. The van der Waals surface area contributed by atoms with Crippen molar-refractivity contribution in [3.8, 4) is 0 Å². The molecule has 1 N–H and O–H groups in total. The Balaban J connectivity index is 1.71. The van der Waals surface area contributed by atoms with Gasteiger partial charge in [0.25, 0.3) is 5.78 Å². The number of thiazole rings is 1. The highest BCUT2D eigenvalue weighted by atomic mass is 35.5. The standard InChI is InChI=1S/C26H19ClFN3O3S/c1-30(2)18-10-5-14(6-11-18)22-21(23(32)15-3-7-16(27)8-4-15)24(33)25(34)31(22)26-29-19-12-9-17(28)13-20(19)35-26/h3-13,22,32H,1-2H3/b23-21+. The van der Waals surface area contributed by atoms with E-state index >= 15 is 0 Å². The SMILES string of the molecule is CN(C)c1ccc(C2/C(=C(\O)c3ccc(Cl)cc3)C(=O)C(=O)N2c2nc3ccc(F)cc3s2)cc1. The average Bonchev–Trinajstić information content (AvgIpc) is 3.37. The van der Waals surface area contributed by atoms with Gasteiger partial charge < -0.3 is 10.0 Å². The van der Waals surface area contributed by atoms with E-state index in [0.29, 0.717) is 26.4 Å². The van der Waals surface area contributed by atoms with Gasteiger partial charge in [-0.25, -0.2) is 9.37 Å². The number of aromatic nitrogens is 1. The number of carbonyl (C=O) groups is 2. The fourth-order valence-electron chi connectivity index (χ4n) is 4.05. The first-order valence-electron chi connectivity index (χ1n) is 10.6. The predicted molar refractivity (Wildman–Crippen MR) is 137 cm³/mol. The Kier molecular flexibility index (Phi) is 5.78. The second kappa shape index (κ2) is 8.79. The van der Waals surface area contributed by atoms with E-state index in [-0.39, 0.29) is 16.5 Å². The molecule has 0 saturated carbocycles. The summed E-state index contributed by atoms with van der Waals surface area (Å²) in [4.78, 5) is 34.3. The molecule has 1 atom stereocenters. The summed E-state index contributed by atoms with van der Waals surface area (Å²) in [6, 6.07) is 16.9. The number of aliphatic hydroxyl groups excluding tert-OH is 1. The lowest BCUT2D eigenvalue weighted by molar-refractivity contribution is -0.132. The molecule has 1 amide bonds. The Morgan fingerprint density at radius 2 is 1.74 bits per heavy atom. The molecule has 1 fully saturated rings. The number of nitrogens with zero attached hydrogens (tertiary/aromatic N) is 3. The van der Waals surface area contributed by atoms with E-state index in [9.17, 15) is 19.1 Å². The van der Waals surface area contributed by atoms with Gasteiger partial charge in [-0.1, -0.05) is 35.1 Å². The maximum absolute atomic E-state index is 13.8. The van der Waals surface area contributed by atoms with Crippen molar-refractivity contribution in [2.75, 3.05) is 23.9 Å². The summed E-state index contributed by atoms with van der Waals surface area (Å²) in [6.07, 6.45) is 0. The van der Waals surface area contributed by atoms with Gasteiger partial charge in [0.05, 0.1) is 21.8 Å². The lowest BCUT2D eigenvalue weighted by Crippen LogP contribution is -2.29. The summed E-state index contributed by atoms with van der Waals surface area (Å²) in [6.45, 7) is 0. The van der Waals surface area contributed by atoms with Crippen LogP contribution in [0.1, 0.15) is 17.2 Å². The lowest BCUT2D eigenvalue weighted by Gasteiger charge is -2.23. The summed E-state index contributed by atoms with van der Waals surface area (Å²) in [7, 11) is 3.81. The Morgan fingerprint density at radius 1 is 1.06 bits per heavy atom. The van der Waals surface area contributed by atoms with Crippen LogP contribution in [0.25, 0.3) is 16.0 Å². The van der Waals surface area contributed by atoms with Crippen molar-refractivity contribution in [1.29, 1.82) is 0 Å². The largest absolute Gasteiger partial charge is 0.507 e. The van der Waals surface area contributed by atoms with Crippen LogP contribution >= 0.6 is 22.9 Å². The summed E-state index contributed by atoms with van der Waals surface area (Å²) in [5, 5.41) is 11.9. The third-order valence-electron chi connectivity index (χ3n) is 5.83. The zero-order chi connectivity index (χ0) is 24.9. The van der Waals surface area contributed by atoms with Gasteiger partial charge in [-0.2, -0.15) is 0 Å². The normalized spacial score (nSPS) is 17.4. The highest BCUT2D eigenvalue weighted by molar-refractivity contribution is 7.22. The van der Waals surface area contributed by atoms with Crippen molar-refractivity contribution >= 4 is 61.4 Å². The number of rotatable bonds is 4. The highest BCUT2D eigenvalue weighted by Crippen LogP contribution is 2.44. The van der Waals surface area contributed by atoms with Gasteiger partial charge in [-0.15, -0.1) is 0 Å². The summed E-state index contributed by atoms with van der Waals surface area (Å²) in [5.74, 6) is -2.38. The van der Waals surface area contributed by atoms with Crippen LogP contribution in [0.3, 0.4) is 0 Å². The molecule has 1 aliphatic heterocycles. The molecule has 1 aliphatic rings. The molecular formula is C26H19ClFN3O3S. The summed E-state index contributed by atoms with van der Waals surface area (Å²) in [5.41, 5.74) is 2.36. The molecule has 5 rings (SSSR count). The third-order valence-corrected chi connectivity index (χ3v) is 7.10. The highest BCUT2D eigenvalue weighted by Gasteiger charge is 2.48. The molecule has 176 valence electrons. The van der Waals surface area contributed by atoms with Crippen LogP contribution < -0.4 is 9.80 Å². The van der Waals surface area contributed by atoms with E-state index in [4.69, 9.17) is 11.6 Å². The van der Waals surface area contributed by atoms with Crippen molar-refractivity contribution in [2.45, 2.75) is 6.04 Å². The molecule has 35 heavy (non-hydrogen) atoms. The van der Waals surface area contributed by atoms with E-state index < -0.39 is 23.5 Å². The maximum atomic E-state index is 13.8. The maximum Gasteiger partial charge on any atom is 0.301 e. The quantitative estimate of drug-likeness (QED) is 0.215. The smallest absolute Gasteiger partial charge is 0.301 e. The van der Waals surface area contributed by atoms with Crippen LogP contribution in [0, 0.1) is 5.82 Å². The molecule has 1 unspecified atom stereocenters. The second-order valence-electron chi connectivity index (χ2n) is 8.27. The zero-order valence-electron chi connectivity index (χ0n) is 18.7. The predicted octanol–water partition coefficient (Wildman–Crippen LogP) is 5.78. The number of aliphatic hydroxyl groups is 1. The molecule has 1 saturated heterocycles. The first kappa shape index (κ1) is 23.0. The van der Waals surface area contributed by atoms with Crippen LogP contribution in [-0.4, -0.2) is 35.9 Å². The Labute approximate surface area is 209 Å². The van der Waals surface area contributed by atoms with Gasteiger partial charge in [0.1, 0.15) is 11.6 Å². The monoisotopic (exact) mass is 507 g/mol. The minimum absolute atomic E-state index is 0.0552. The Morgan fingerprint density at radius 3 is 2.40 bits per heavy atom. The molecule has 6 nitrogen and oxygen atoms in total. The number of anilines is 2. The molecule has 1 aromatic heterocycles. The number of hydrogen-bond acceptors (Lipinski definition) is 6. The van der Waals surface area contributed by atoms with Crippen molar-refractivity contribution in [3.05, 3.63) is 94.3 Å². The van der Waals surface area contributed by atoms with Crippen LogP contribution in [0.4, 0.5) is 15.2 Å². The number of carbonyl (C=O) groups excluding carboxylic acids is 2. The first-order valence-corrected chi connectivity index (χ1v) is 11.8. The van der Waals surface area contributed by atoms with E-state index in [1.54, 1.807) is 36.4 Å². The minimum atomic E-state index is -0.924. The molecular weight excluding hydrogens is 489 g/mol. The van der Waals surface area contributed by atoms with E-state index in [1.165, 1.54) is 23.1 Å². The number of halogens is 2. The molecule has 0 spiro atoms. The van der Waals surface area contributed by atoms with Gasteiger partial charge in [0.2, 0.25) is 0 Å². The number of Topliss-reactive ketones (excluding diaryl/α,β-unsaturated/α-hetero) is 1. The van der Waals surface area contributed by atoms with Gasteiger partial charge in [0, 0.05) is 30.4 Å². The lowest BCUT2D eigenvalue weighted by atomic mass is 9.95. The van der Waals surface area contributed by atoms with Gasteiger partial charge in [0.15, 0.2) is 5.13 Å². The van der Waals surface area contributed by atoms with Crippen LogP contribution in [-0.2, 0) is 9.59 Å². The van der Waals surface area contributed by atoms with E-state index in [0.717, 1.165) is 17.0 Å². The fourth-order valence-corrected chi connectivity index (χ4v) is 5.20. The van der Waals surface area contributed by atoms with Crippen molar-refractivity contribution in [3.63, 3.8) is 0 Å². The van der Waals surface area contributed by atoms with Crippen LogP contribution in [0.5, 0.6) is 0 Å². The topological polar surface area (TPSA) is 73.7 Å². The molecule has 4 aromatic rings. The number of fused-ring (bicyclic) bond motifs is 1. The Hall–Kier alpha value is -3.75. The van der Waals surface area contributed by atoms with Gasteiger partial charge in [-0.05, 0) is 60.2 Å². The summed E-state index contributed by atoms with van der Waals surface area (Å²) < 4.78 is 14.3. The molecule has 0 aliphatic carbocycles. The summed E-state index contributed by atoms with van der Waals surface area (Å²) >= 11 is 7.09. The van der Waals surface area contributed by atoms with Crippen LogP contribution in [0.2, 0.25) is 5.02 Å². The fraction of sp³-hybridized carbons (Fsp3) is 0.115. The first-order chi connectivity index (χ1) is 16.7. The molecule has 3 aromatic carbocycles. The van der Waals surface area contributed by atoms with Crippen molar-refractivity contribution in [2.24, 2.45) is 0 Å². The molecule has 0 radical (unpaired) electrons. The number of amides is 1. The van der Waals surface area contributed by atoms with E-state index in [2.05, 4.69) is 4.98 Å². The number of hydrogen-bond donors (Lipinski definition) is 1. The van der Waals surface area contributed by atoms with Crippen molar-refractivity contribution in [1.82, 2.24) is 4.98 Å². The Bertz CT molecular complexity index is 1500. The van der Waals surface area contributed by atoms with Gasteiger partial charge >= 0.3 is 5.91 Å².